The van der Waals surface area contributed by atoms with E-state index in [0.717, 1.165) is 96.3 Å². The molecule has 1 saturated heterocycles. The Bertz CT molecular complexity index is 1430. The topological polar surface area (TPSA) is 149 Å². The molecule has 0 bridgehead atoms. The first-order chi connectivity index (χ1) is 33.3. The van der Waals surface area contributed by atoms with Gasteiger partial charge in [-0.15, -0.1) is 0 Å². The van der Waals surface area contributed by atoms with E-state index in [2.05, 4.69) is 116 Å². The second kappa shape index (κ2) is 47.5. The third kappa shape index (κ3) is 36.8. The summed E-state index contributed by atoms with van der Waals surface area (Å²) in [6.45, 7) is 3.62. The number of hydrogen-bond acceptors (Lipinski definition) is 8. The molecule has 1 aliphatic rings. The Morgan fingerprint density at radius 3 is 1.41 bits per heavy atom. The van der Waals surface area contributed by atoms with Crippen LogP contribution in [0.5, 0.6) is 0 Å². The maximum atomic E-state index is 13.0. The molecule has 0 aliphatic carbocycles. The van der Waals surface area contributed by atoms with E-state index >= 15 is 0 Å². The van der Waals surface area contributed by atoms with Crippen LogP contribution >= 0.6 is 0 Å². The molecule has 1 fully saturated rings. The number of aliphatic hydroxyl groups excluding tert-OH is 5. The molecule has 388 valence electrons. The van der Waals surface area contributed by atoms with Gasteiger partial charge < -0.3 is 40.3 Å². The summed E-state index contributed by atoms with van der Waals surface area (Å²) in [7, 11) is 0. The molecule has 6 N–H and O–H groups in total. The Labute approximate surface area is 415 Å². The normalized spacial score (nSPS) is 20.5. The Hall–Kier alpha value is -3.15. The van der Waals surface area contributed by atoms with E-state index in [4.69, 9.17) is 9.47 Å². The third-order valence-corrected chi connectivity index (χ3v) is 12.1. The lowest BCUT2D eigenvalue weighted by atomic mass is 9.99. The molecule has 7 unspecified atom stereocenters. The Balaban J connectivity index is 2.35. The van der Waals surface area contributed by atoms with Crippen molar-refractivity contribution in [1.29, 1.82) is 0 Å². The predicted octanol–water partition coefficient (Wildman–Crippen LogP) is 13.0. The van der Waals surface area contributed by atoms with Gasteiger partial charge in [0.05, 0.1) is 25.4 Å². The third-order valence-electron chi connectivity index (χ3n) is 12.1. The van der Waals surface area contributed by atoms with Crippen molar-refractivity contribution < 1.29 is 39.8 Å². The van der Waals surface area contributed by atoms with Crippen molar-refractivity contribution in [2.45, 2.75) is 243 Å². The average molecular weight is 950 g/mol. The first kappa shape index (κ1) is 62.9. The van der Waals surface area contributed by atoms with Crippen molar-refractivity contribution in [2.24, 2.45) is 0 Å². The van der Waals surface area contributed by atoms with Gasteiger partial charge in [0.25, 0.3) is 0 Å². The van der Waals surface area contributed by atoms with E-state index in [0.29, 0.717) is 12.8 Å². The monoisotopic (exact) mass is 950 g/mol. The van der Waals surface area contributed by atoms with Crippen molar-refractivity contribution in [3.05, 3.63) is 109 Å². The zero-order valence-electron chi connectivity index (χ0n) is 42.8. The second-order valence-corrected chi connectivity index (χ2v) is 18.3. The fourth-order valence-corrected chi connectivity index (χ4v) is 7.78. The summed E-state index contributed by atoms with van der Waals surface area (Å²) < 4.78 is 11.2. The van der Waals surface area contributed by atoms with E-state index < -0.39 is 49.5 Å². The van der Waals surface area contributed by atoms with Crippen molar-refractivity contribution >= 4 is 5.91 Å². The van der Waals surface area contributed by atoms with Crippen molar-refractivity contribution in [2.75, 3.05) is 13.2 Å². The van der Waals surface area contributed by atoms with Gasteiger partial charge in [0.15, 0.2) is 6.29 Å². The van der Waals surface area contributed by atoms with Gasteiger partial charge in [0, 0.05) is 6.42 Å². The zero-order valence-corrected chi connectivity index (χ0v) is 42.8. The molecule has 0 aromatic heterocycles. The number of rotatable bonds is 44. The van der Waals surface area contributed by atoms with Gasteiger partial charge in [-0.1, -0.05) is 207 Å². The fraction of sp³-hybridized carbons (Fsp3) is 0.678. The molecule has 0 aromatic rings. The van der Waals surface area contributed by atoms with Crippen LogP contribution in [0.15, 0.2) is 109 Å². The van der Waals surface area contributed by atoms with E-state index in [1.165, 1.54) is 77.0 Å². The van der Waals surface area contributed by atoms with Gasteiger partial charge in [0.1, 0.15) is 24.4 Å². The summed E-state index contributed by atoms with van der Waals surface area (Å²) in [6.07, 6.45) is 62.8. The quantitative estimate of drug-likeness (QED) is 0.0261. The molecule has 9 nitrogen and oxygen atoms in total. The standard InChI is InChI=1S/C59H99NO8/c1-3-5-7-9-11-13-15-17-19-21-23-25-27-29-31-33-35-37-39-41-43-45-47-49-55(63)60-52(51-67-59-58(66)57(65)56(64)54(50-61)68-59)53(62)48-46-44-42-40-38-36-34-32-30-28-26-24-22-20-18-16-14-12-10-8-6-4-2/h5,7,11,13,17,19,23,25,29-32,35,37-38,40,46,48,52-54,56-59,61-62,64-66H,3-4,6,8-10,12,14-16,18,20-22,24,26-28,33-34,36,39,41-45,47,49-51H2,1-2H3,(H,60,63)/b7-5-,13-11-,19-17-,25-23-,31-29-,32-30+,37-35-,40-38+,48-46+. The smallest absolute Gasteiger partial charge is 0.220 e. The molecular weight excluding hydrogens is 851 g/mol. The maximum absolute atomic E-state index is 13.0. The van der Waals surface area contributed by atoms with Crippen molar-refractivity contribution in [3.63, 3.8) is 0 Å². The molecule has 1 amide bonds. The lowest BCUT2D eigenvalue weighted by Gasteiger charge is -2.40. The molecule has 0 saturated carbocycles. The summed E-state index contributed by atoms with van der Waals surface area (Å²) in [6, 6.07) is -0.851. The number of ether oxygens (including phenoxy) is 2. The highest BCUT2D eigenvalue weighted by atomic mass is 16.7. The number of hydrogen-bond donors (Lipinski definition) is 6. The van der Waals surface area contributed by atoms with E-state index in [1.54, 1.807) is 6.08 Å². The Morgan fingerprint density at radius 1 is 0.515 bits per heavy atom. The molecule has 68 heavy (non-hydrogen) atoms. The number of aliphatic hydroxyl groups is 5. The molecule has 0 aromatic carbocycles. The van der Waals surface area contributed by atoms with Gasteiger partial charge >= 0.3 is 0 Å². The largest absolute Gasteiger partial charge is 0.394 e. The number of nitrogens with one attached hydrogen (secondary N) is 1. The molecule has 0 radical (unpaired) electrons. The lowest BCUT2D eigenvalue weighted by molar-refractivity contribution is -0.302. The number of amides is 1. The van der Waals surface area contributed by atoms with E-state index in [-0.39, 0.29) is 12.5 Å². The van der Waals surface area contributed by atoms with Crippen LogP contribution < -0.4 is 5.32 Å². The molecule has 7 atom stereocenters. The Kier molecular flexibility index (Phi) is 43.9. The highest BCUT2D eigenvalue weighted by Gasteiger charge is 2.44. The van der Waals surface area contributed by atoms with Crippen LogP contribution in [0.2, 0.25) is 0 Å². The second-order valence-electron chi connectivity index (χ2n) is 18.3. The van der Waals surface area contributed by atoms with Gasteiger partial charge in [-0.05, 0) is 96.3 Å². The molecule has 9 heteroatoms. The molecule has 1 rings (SSSR count). The summed E-state index contributed by atoms with van der Waals surface area (Å²) >= 11 is 0. The van der Waals surface area contributed by atoms with Gasteiger partial charge in [-0.2, -0.15) is 0 Å². The number of carbonyl (C=O) groups is 1. The summed E-state index contributed by atoms with van der Waals surface area (Å²) in [5.74, 6) is -0.220. The lowest BCUT2D eigenvalue weighted by Crippen LogP contribution is -2.60. The van der Waals surface area contributed by atoms with Gasteiger partial charge in [-0.3, -0.25) is 4.79 Å². The molecular formula is C59H99NO8. The van der Waals surface area contributed by atoms with Crippen LogP contribution in [0.1, 0.15) is 200 Å². The SMILES string of the molecule is CC/C=C\C/C=C\C/C=C\C/C=C\C/C=C\C/C=C\CCCCCCC(=O)NC(COC1OC(CO)C(O)C(O)C1O)C(O)/C=C/CC/C=C/CC/C=C/CCCCCCCCCCCCCC. The van der Waals surface area contributed by atoms with Crippen molar-refractivity contribution in [3.8, 4) is 0 Å². The minimum Gasteiger partial charge on any atom is -0.394 e. The summed E-state index contributed by atoms with van der Waals surface area (Å²) in [5.41, 5.74) is 0. The summed E-state index contributed by atoms with van der Waals surface area (Å²) in [4.78, 5) is 13.0. The van der Waals surface area contributed by atoms with E-state index in [1.807, 2.05) is 6.08 Å². The van der Waals surface area contributed by atoms with Crippen molar-refractivity contribution in [1.82, 2.24) is 5.32 Å². The first-order valence-corrected chi connectivity index (χ1v) is 27.1. The highest BCUT2D eigenvalue weighted by Crippen LogP contribution is 2.22. The van der Waals surface area contributed by atoms with Crippen LogP contribution in [0, 0.1) is 0 Å². The van der Waals surface area contributed by atoms with Crippen LogP contribution in [0.4, 0.5) is 0 Å². The predicted molar refractivity (Wildman–Crippen MR) is 285 cm³/mol. The minimum absolute atomic E-state index is 0.220. The van der Waals surface area contributed by atoms with Crippen LogP contribution in [-0.2, 0) is 14.3 Å². The molecule has 1 heterocycles. The Morgan fingerprint density at radius 2 is 0.926 bits per heavy atom. The van der Waals surface area contributed by atoms with Crippen LogP contribution in [0.25, 0.3) is 0 Å². The fourth-order valence-electron chi connectivity index (χ4n) is 7.78. The highest BCUT2D eigenvalue weighted by molar-refractivity contribution is 5.76. The number of allylic oxidation sites excluding steroid dienone is 17. The van der Waals surface area contributed by atoms with E-state index in [9.17, 15) is 30.3 Å². The number of carbonyl (C=O) groups excluding carboxylic acids is 1. The van der Waals surface area contributed by atoms with Gasteiger partial charge in [0.2, 0.25) is 5.91 Å². The first-order valence-electron chi connectivity index (χ1n) is 27.1. The maximum Gasteiger partial charge on any atom is 0.220 e. The zero-order chi connectivity index (χ0) is 49.4. The molecule has 1 aliphatic heterocycles. The van der Waals surface area contributed by atoms with Gasteiger partial charge in [-0.25, -0.2) is 0 Å². The minimum atomic E-state index is -1.59. The molecule has 0 spiro atoms. The van der Waals surface area contributed by atoms with Crippen LogP contribution in [0.3, 0.4) is 0 Å². The number of unbranched alkanes of at least 4 members (excludes halogenated alkanes) is 18. The van der Waals surface area contributed by atoms with Crippen LogP contribution in [-0.4, -0.2) is 87.5 Å². The average Bonchev–Trinajstić information content (AvgIpc) is 3.34. The summed E-state index contributed by atoms with van der Waals surface area (Å²) in [5, 5.41) is 54.4.